The number of ether oxygens (including phenoxy) is 1. The number of aryl methyl sites for hydroxylation is 1. The minimum atomic E-state index is -0.545. The van der Waals surface area contributed by atoms with Gasteiger partial charge in [-0.1, -0.05) is 6.07 Å². The highest BCUT2D eigenvalue weighted by molar-refractivity contribution is 5.99. The summed E-state index contributed by atoms with van der Waals surface area (Å²) in [7, 11) is 1.87. The number of Topliss-reactive ketones (excluding diaryl/α,β-unsaturated/α-hetero) is 1. The highest BCUT2D eigenvalue weighted by atomic mass is 16.5. The van der Waals surface area contributed by atoms with Crippen LogP contribution in [0, 0.1) is 0 Å². The molecule has 0 unspecified atom stereocenters. The number of hydrogen-bond donors (Lipinski definition) is 0. The molecular formula is C22H25N5O3. The molecule has 8 heteroatoms. The van der Waals surface area contributed by atoms with Crippen LogP contribution in [0.3, 0.4) is 0 Å². The van der Waals surface area contributed by atoms with Crippen LogP contribution in [0.4, 0.5) is 0 Å². The zero-order chi connectivity index (χ0) is 21.0. The number of aromatic nitrogens is 4. The SMILES string of the molecule is CC(C)n1cc2c(n1)C(=O)CC1(CCN(C(=O)c3ccc4cn(C)nc4c3)CC1)O2. The van der Waals surface area contributed by atoms with Gasteiger partial charge in [0.15, 0.2) is 17.2 Å². The normalized spacial score (nSPS) is 18.1. The lowest BCUT2D eigenvalue weighted by Gasteiger charge is -2.43. The third kappa shape index (κ3) is 3.07. The molecule has 2 aliphatic rings. The van der Waals surface area contributed by atoms with Gasteiger partial charge in [0, 0.05) is 56.2 Å². The first-order chi connectivity index (χ1) is 14.3. The summed E-state index contributed by atoms with van der Waals surface area (Å²) in [5.41, 5.74) is 1.33. The summed E-state index contributed by atoms with van der Waals surface area (Å²) in [5, 5.41) is 9.80. The zero-order valence-corrected chi connectivity index (χ0v) is 17.5. The molecule has 1 amide bonds. The fourth-order valence-corrected chi connectivity index (χ4v) is 4.40. The van der Waals surface area contributed by atoms with Crippen molar-refractivity contribution in [2.24, 2.45) is 7.05 Å². The van der Waals surface area contributed by atoms with Gasteiger partial charge in [0.1, 0.15) is 5.60 Å². The van der Waals surface area contributed by atoms with Gasteiger partial charge >= 0.3 is 0 Å². The maximum absolute atomic E-state index is 13.0. The van der Waals surface area contributed by atoms with Gasteiger partial charge in [-0.2, -0.15) is 10.2 Å². The summed E-state index contributed by atoms with van der Waals surface area (Å²) < 4.78 is 9.82. The zero-order valence-electron chi connectivity index (χ0n) is 17.5. The fourth-order valence-electron chi connectivity index (χ4n) is 4.40. The Balaban J connectivity index is 1.31. The average Bonchev–Trinajstić information content (AvgIpc) is 3.30. The van der Waals surface area contributed by atoms with Crippen molar-refractivity contribution in [1.82, 2.24) is 24.5 Å². The molecule has 0 bridgehead atoms. The average molecular weight is 407 g/mol. The van der Waals surface area contributed by atoms with Crippen molar-refractivity contribution < 1.29 is 14.3 Å². The second-order valence-corrected chi connectivity index (χ2v) is 8.67. The molecule has 30 heavy (non-hydrogen) atoms. The van der Waals surface area contributed by atoms with Crippen LogP contribution in [0.15, 0.2) is 30.6 Å². The van der Waals surface area contributed by atoms with Crippen LogP contribution in [0.5, 0.6) is 5.75 Å². The number of piperidine rings is 1. The molecule has 0 N–H and O–H groups in total. The first-order valence-electron chi connectivity index (χ1n) is 10.4. The molecule has 2 aromatic heterocycles. The molecule has 1 spiro atoms. The molecule has 2 aliphatic heterocycles. The number of amides is 1. The fraction of sp³-hybridized carbons (Fsp3) is 0.455. The number of benzene rings is 1. The maximum atomic E-state index is 13.0. The molecule has 1 aromatic carbocycles. The minimum absolute atomic E-state index is 0.00662. The van der Waals surface area contributed by atoms with Crippen molar-refractivity contribution in [2.45, 2.75) is 44.8 Å². The lowest BCUT2D eigenvalue weighted by molar-refractivity contribution is -0.00584. The Morgan fingerprint density at radius 2 is 1.93 bits per heavy atom. The van der Waals surface area contributed by atoms with E-state index in [2.05, 4.69) is 10.2 Å². The Kier molecular flexibility index (Phi) is 4.20. The van der Waals surface area contributed by atoms with Gasteiger partial charge in [-0.15, -0.1) is 0 Å². The van der Waals surface area contributed by atoms with E-state index in [4.69, 9.17) is 4.74 Å². The van der Waals surface area contributed by atoms with Crippen LogP contribution in [0.1, 0.15) is 60.0 Å². The monoisotopic (exact) mass is 407 g/mol. The summed E-state index contributed by atoms with van der Waals surface area (Å²) in [5.74, 6) is 0.587. The number of carbonyl (C=O) groups is 2. The second-order valence-electron chi connectivity index (χ2n) is 8.67. The van der Waals surface area contributed by atoms with E-state index < -0.39 is 5.60 Å². The number of hydrogen-bond acceptors (Lipinski definition) is 5. The summed E-state index contributed by atoms with van der Waals surface area (Å²) in [4.78, 5) is 27.6. The number of nitrogens with zero attached hydrogens (tertiary/aromatic N) is 5. The Labute approximate surface area is 174 Å². The lowest BCUT2D eigenvalue weighted by atomic mass is 9.83. The maximum Gasteiger partial charge on any atom is 0.253 e. The highest BCUT2D eigenvalue weighted by Crippen LogP contribution is 2.39. The van der Waals surface area contributed by atoms with Crippen LogP contribution in [0.25, 0.3) is 10.9 Å². The summed E-state index contributed by atoms with van der Waals surface area (Å²) in [6, 6.07) is 5.79. The van der Waals surface area contributed by atoms with Gasteiger partial charge in [-0.25, -0.2) is 0 Å². The van der Waals surface area contributed by atoms with Crippen LogP contribution in [0.2, 0.25) is 0 Å². The number of ketones is 1. The first kappa shape index (κ1) is 18.8. The largest absolute Gasteiger partial charge is 0.483 e. The molecule has 3 aromatic rings. The Morgan fingerprint density at radius 3 is 2.67 bits per heavy atom. The Morgan fingerprint density at radius 1 is 1.17 bits per heavy atom. The van der Waals surface area contributed by atoms with Gasteiger partial charge < -0.3 is 9.64 Å². The molecule has 5 rings (SSSR count). The van der Waals surface area contributed by atoms with Gasteiger partial charge in [-0.3, -0.25) is 19.0 Å². The van der Waals surface area contributed by atoms with Crippen molar-refractivity contribution in [2.75, 3.05) is 13.1 Å². The van der Waals surface area contributed by atoms with Gasteiger partial charge in [0.2, 0.25) is 0 Å². The van der Waals surface area contributed by atoms with E-state index >= 15 is 0 Å². The molecule has 0 saturated carbocycles. The predicted octanol–water partition coefficient (Wildman–Crippen LogP) is 2.99. The molecule has 1 saturated heterocycles. The smallest absolute Gasteiger partial charge is 0.253 e. The van der Waals surface area contributed by atoms with Crippen LogP contribution < -0.4 is 4.74 Å². The minimum Gasteiger partial charge on any atom is -0.483 e. The van der Waals surface area contributed by atoms with Crippen LogP contribution in [-0.4, -0.2) is 54.8 Å². The van der Waals surface area contributed by atoms with Crippen LogP contribution >= 0.6 is 0 Å². The molecule has 8 nitrogen and oxygen atoms in total. The van der Waals surface area contributed by atoms with Crippen molar-refractivity contribution in [3.63, 3.8) is 0 Å². The number of fused-ring (bicyclic) bond motifs is 2. The predicted molar refractivity (Wildman–Crippen MR) is 111 cm³/mol. The molecule has 156 valence electrons. The highest BCUT2D eigenvalue weighted by Gasteiger charge is 2.45. The Hall–Kier alpha value is -3.16. The number of likely N-dealkylation sites (tertiary alicyclic amines) is 1. The first-order valence-corrected chi connectivity index (χ1v) is 10.4. The standard InChI is InChI=1S/C22H25N5O3/c1-14(2)27-13-19-20(24-27)18(28)11-22(30-19)6-8-26(9-7-22)21(29)15-4-5-16-12-25(3)23-17(16)10-15/h4-5,10,12-14H,6-9,11H2,1-3H3. The van der Waals surface area contributed by atoms with E-state index in [9.17, 15) is 9.59 Å². The number of carbonyl (C=O) groups excluding carboxylic acids is 2. The van der Waals surface area contributed by atoms with Crippen molar-refractivity contribution in [1.29, 1.82) is 0 Å². The summed E-state index contributed by atoms with van der Waals surface area (Å²) >= 11 is 0. The van der Waals surface area contributed by atoms with E-state index in [1.165, 1.54) is 0 Å². The molecule has 4 heterocycles. The molecule has 0 atom stereocenters. The third-order valence-electron chi connectivity index (χ3n) is 6.13. The topological polar surface area (TPSA) is 82.3 Å². The molecular weight excluding hydrogens is 382 g/mol. The number of rotatable bonds is 2. The van der Waals surface area contributed by atoms with Gasteiger partial charge in [0.05, 0.1) is 18.1 Å². The van der Waals surface area contributed by atoms with E-state index in [0.29, 0.717) is 49.4 Å². The van der Waals surface area contributed by atoms with Crippen molar-refractivity contribution in [3.8, 4) is 5.75 Å². The third-order valence-corrected chi connectivity index (χ3v) is 6.13. The summed E-state index contributed by atoms with van der Waals surface area (Å²) in [6.45, 7) is 5.15. The van der Waals surface area contributed by atoms with Gasteiger partial charge in [-0.05, 0) is 26.0 Å². The van der Waals surface area contributed by atoms with Crippen molar-refractivity contribution in [3.05, 3.63) is 41.9 Å². The quantitative estimate of drug-likeness (QED) is 0.652. The Bertz CT molecular complexity index is 1150. The van der Waals surface area contributed by atoms with E-state index in [1.807, 2.05) is 56.4 Å². The van der Waals surface area contributed by atoms with E-state index in [-0.39, 0.29) is 17.7 Å². The molecule has 0 aliphatic carbocycles. The van der Waals surface area contributed by atoms with Crippen molar-refractivity contribution >= 4 is 22.6 Å². The van der Waals surface area contributed by atoms with E-state index in [0.717, 1.165) is 10.9 Å². The summed E-state index contributed by atoms with van der Waals surface area (Å²) in [6.07, 6.45) is 5.32. The van der Waals surface area contributed by atoms with Crippen LogP contribution in [-0.2, 0) is 7.05 Å². The van der Waals surface area contributed by atoms with E-state index in [1.54, 1.807) is 9.36 Å². The molecule has 1 fully saturated rings. The molecule has 0 radical (unpaired) electrons. The second kappa shape index (κ2) is 6.68. The lowest BCUT2D eigenvalue weighted by Crippen LogP contribution is -2.52. The van der Waals surface area contributed by atoms with Gasteiger partial charge in [0.25, 0.3) is 5.91 Å².